The molecule has 6 nitrogen and oxygen atoms in total. The van der Waals surface area contributed by atoms with Gasteiger partial charge in [0.25, 0.3) is 0 Å². The van der Waals surface area contributed by atoms with Crippen molar-refractivity contribution in [2.45, 2.75) is 0 Å². The third-order valence-electron chi connectivity index (χ3n) is 2.96. The van der Waals surface area contributed by atoms with Gasteiger partial charge in [-0.25, -0.2) is 14.4 Å². The molecule has 0 fully saturated rings. The minimum atomic E-state index is -1.28. The molecule has 0 atom stereocenters. The lowest BCUT2D eigenvalue weighted by atomic mass is 9.98. The van der Waals surface area contributed by atoms with Crippen molar-refractivity contribution in [1.82, 2.24) is 0 Å². The SMILES string of the molecule is O=C(O)c1cc(C(=O)O)cc(-c2ccc(Cl)c(C(=O)O)c2)c1. The summed E-state index contributed by atoms with van der Waals surface area (Å²) in [5.41, 5.74) is 0.0593. The molecule has 0 bridgehead atoms. The summed E-state index contributed by atoms with van der Waals surface area (Å²) < 4.78 is 0. The van der Waals surface area contributed by atoms with Gasteiger partial charge >= 0.3 is 17.9 Å². The number of rotatable bonds is 4. The van der Waals surface area contributed by atoms with Crippen molar-refractivity contribution in [2.24, 2.45) is 0 Å². The van der Waals surface area contributed by atoms with E-state index in [0.717, 1.165) is 6.07 Å². The summed E-state index contributed by atoms with van der Waals surface area (Å²) in [5, 5.41) is 27.2. The van der Waals surface area contributed by atoms with Crippen LogP contribution < -0.4 is 0 Å². The number of carboxylic acid groups (broad SMARTS) is 3. The molecule has 2 aromatic rings. The number of halogens is 1. The van der Waals surface area contributed by atoms with Crippen molar-refractivity contribution in [3.05, 3.63) is 58.1 Å². The van der Waals surface area contributed by atoms with E-state index in [9.17, 15) is 14.4 Å². The molecule has 0 aromatic heterocycles. The second-order valence-electron chi connectivity index (χ2n) is 4.41. The molecule has 3 N–H and O–H groups in total. The zero-order chi connectivity index (χ0) is 16.4. The minimum Gasteiger partial charge on any atom is -0.478 e. The maximum absolute atomic E-state index is 11.1. The summed E-state index contributed by atoms with van der Waals surface area (Å²) in [4.78, 5) is 33.2. The predicted octanol–water partition coefficient (Wildman–Crippen LogP) is 3.10. The van der Waals surface area contributed by atoms with Gasteiger partial charge in [0.05, 0.1) is 21.7 Å². The van der Waals surface area contributed by atoms with Gasteiger partial charge in [-0.3, -0.25) is 0 Å². The first-order chi connectivity index (χ1) is 10.3. The smallest absolute Gasteiger partial charge is 0.337 e. The third-order valence-corrected chi connectivity index (χ3v) is 3.29. The van der Waals surface area contributed by atoms with Crippen LogP contribution in [0.25, 0.3) is 11.1 Å². The molecule has 22 heavy (non-hydrogen) atoms. The van der Waals surface area contributed by atoms with Crippen molar-refractivity contribution in [2.75, 3.05) is 0 Å². The second kappa shape index (κ2) is 5.87. The summed E-state index contributed by atoms with van der Waals surface area (Å²) >= 11 is 5.77. The van der Waals surface area contributed by atoms with Crippen LogP contribution in [0.4, 0.5) is 0 Å². The van der Waals surface area contributed by atoms with Gasteiger partial charge in [0.15, 0.2) is 0 Å². The lowest BCUT2D eigenvalue weighted by Crippen LogP contribution is -2.03. The molecular formula is C15H9ClO6. The van der Waals surface area contributed by atoms with Crippen LogP contribution in [-0.4, -0.2) is 33.2 Å². The Balaban J connectivity index is 2.66. The fourth-order valence-corrected chi connectivity index (χ4v) is 2.11. The number of hydrogen-bond donors (Lipinski definition) is 3. The largest absolute Gasteiger partial charge is 0.478 e. The summed E-state index contributed by atoms with van der Waals surface area (Å²) in [7, 11) is 0. The first-order valence-corrected chi connectivity index (χ1v) is 6.32. The van der Waals surface area contributed by atoms with E-state index in [-0.39, 0.29) is 27.3 Å². The average molecular weight is 321 g/mol. The molecule has 7 heteroatoms. The summed E-state index contributed by atoms with van der Waals surface area (Å²) in [6.07, 6.45) is 0. The molecule has 0 aliphatic carbocycles. The summed E-state index contributed by atoms with van der Waals surface area (Å²) in [5.74, 6) is -3.80. The van der Waals surface area contributed by atoms with Gasteiger partial charge in [0.1, 0.15) is 0 Å². The van der Waals surface area contributed by atoms with E-state index in [1.165, 1.54) is 30.3 Å². The van der Waals surface area contributed by atoms with E-state index in [0.29, 0.717) is 5.56 Å². The van der Waals surface area contributed by atoms with Gasteiger partial charge < -0.3 is 15.3 Å². The summed E-state index contributed by atoms with van der Waals surface area (Å²) in [6.45, 7) is 0. The molecule has 0 heterocycles. The van der Waals surface area contributed by atoms with Crippen molar-refractivity contribution in [1.29, 1.82) is 0 Å². The number of hydrogen-bond acceptors (Lipinski definition) is 3. The maximum atomic E-state index is 11.1. The van der Waals surface area contributed by atoms with E-state index in [1.807, 2.05) is 0 Å². The van der Waals surface area contributed by atoms with Crippen molar-refractivity contribution < 1.29 is 29.7 Å². The monoisotopic (exact) mass is 320 g/mol. The third kappa shape index (κ3) is 3.07. The quantitative estimate of drug-likeness (QED) is 0.798. The van der Waals surface area contributed by atoms with E-state index < -0.39 is 17.9 Å². The van der Waals surface area contributed by atoms with Crippen LogP contribution in [0, 0.1) is 0 Å². The predicted molar refractivity (Wildman–Crippen MR) is 77.8 cm³/mol. The van der Waals surface area contributed by atoms with E-state index in [1.54, 1.807) is 0 Å². The first-order valence-electron chi connectivity index (χ1n) is 5.94. The molecule has 2 rings (SSSR count). The Kier molecular flexibility index (Phi) is 4.14. The molecule has 112 valence electrons. The zero-order valence-corrected chi connectivity index (χ0v) is 11.7. The molecule has 0 spiro atoms. The second-order valence-corrected chi connectivity index (χ2v) is 4.82. The van der Waals surface area contributed by atoms with Crippen LogP contribution in [0.15, 0.2) is 36.4 Å². The van der Waals surface area contributed by atoms with Crippen molar-refractivity contribution >= 4 is 29.5 Å². The zero-order valence-electron chi connectivity index (χ0n) is 10.9. The molecule has 2 aromatic carbocycles. The average Bonchev–Trinajstić information content (AvgIpc) is 2.46. The number of benzene rings is 2. The number of aromatic carboxylic acids is 3. The van der Waals surface area contributed by atoms with E-state index in [2.05, 4.69) is 0 Å². The lowest BCUT2D eigenvalue weighted by Gasteiger charge is -2.08. The highest BCUT2D eigenvalue weighted by molar-refractivity contribution is 6.33. The van der Waals surface area contributed by atoms with Gasteiger partial charge in [0.2, 0.25) is 0 Å². The van der Waals surface area contributed by atoms with Crippen molar-refractivity contribution in [3.8, 4) is 11.1 Å². The van der Waals surface area contributed by atoms with Gasteiger partial charge in [-0.15, -0.1) is 0 Å². The van der Waals surface area contributed by atoms with Crippen LogP contribution in [0.3, 0.4) is 0 Å². The van der Waals surface area contributed by atoms with Gasteiger partial charge in [-0.05, 0) is 41.5 Å². The first kappa shape index (κ1) is 15.5. The topological polar surface area (TPSA) is 112 Å². The molecule has 0 saturated heterocycles. The molecule has 0 saturated carbocycles. The highest BCUT2D eigenvalue weighted by Crippen LogP contribution is 2.27. The van der Waals surface area contributed by atoms with Gasteiger partial charge in [0, 0.05) is 0 Å². The number of carboxylic acids is 3. The van der Waals surface area contributed by atoms with Crippen LogP contribution in [0.2, 0.25) is 5.02 Å². The van der Waals surface area contributed by atoms with Crippen molar-refractivity contribution in [3.63, 3.8) is 0 Å². The molecule has 0 amide bonds. The molecular weight excluding hydrogens is 312 g/mol. The van der Waals surface area contributed by atoms with Crippen LogP contribution >= 0.6 is 11.6 Å². The maximum Gasteiger partial charge on any atom is 0.337 e. The normalized spacial score (nSPS) is 10.2. The highest BCUT2D eigenvalue weighted by atomic mass is 35.5. The van der Waals surface area contributed by atoms with E-state index >= 15 is 0 Å². The van der Waals surface area contributed by atoms with Gasteiger partial charge in [-0.2, -0.15) is 0 Å². The Morgan fingerprint density at radius 3 is 1.73 bits per heavy atom. The summed E-state index contributed by atoms with van der Waals surface area (Å²) in [6, 6.07) is 7.67. The Bertz CT molecular complexity index is 764. The van der Waals surface area contributed by atoms with Crippen LogP contribution in [-0.2, 0) is 0 Å². The Hall–Kier alpha value is -2.86. The standard InChI is InChI=1S/C15H9ClO6/c16-12-2-1-7(6-11(12)15(21)22)8-3-9(13(17)18)5-10(4-8)14(19)20/h1-6H,(H,17,18)(H,19,20)(H,21,22). The van der Waals surface area contributed by atoms with E-state index in [4.69, 9.17) is 26.9 Å². The molecule has 0 unspecified atom stereocenters. The Morgan fingerprint density at radius 1 is 0.727 bits per heavy atom. The molecule has 0 radical (unpaired) electrons. The Morgan fingerprint density at radius 2 is 1.27 bits per heavy atom. The fraction of sp³-hybridized carbons (Fsp3) is 0. The van der Waals surface area contributed by atoms with Crippen LogP contribution in [0.1, 0.15) is 31.1 Å². The Labute approximate surface area is 129 Å². The van der Waals surface area contributed by atoms with Gasteiger partial charge in [-0.1, -0.05) is 17.7 Å². The fourth-order valence-electron chi connectivity index (χ4n) is 1.91. The van der Waals surface area contributed by atoms with Crippen LogP contribution in [0.5, 0.6) is 0 Å². The molecule has 0 aliphatic heterocycles. The highest BCUT2D eigenvalue weighted by Gasteiger charge is 2.15. The minimum absolute atomic E-state index is 0.0316. The molecule has 0 aliphatic rings. The lowest BCUT2D eigenvalue weighted by molar-refractivity contribution is 0.0682. The number of carbonyl (C=O) groups is 3.